The van der Waals surface area contributed by atoms with Crippen LogP contribution in [0.5, 0.6) is 0 Å². The third-order valence-electron chi connectivity index (χ3n) is 4.07. The van der Waals surface area contributed by atoms with Crippen molar-refractivity contribution in [3.05, 3.63) is 46.0 Å². The molecule has 1 fully saturated rings. The molecule has 0 spiro atoms. The number of likely N-dealkylation sites (tertiary alicyclic amines) is 1. The lowest BCUT2D eigenvalue weighted by Crippen LogP contribution is -2.39. The predicted octanol–water partition coefficient (Wildman–Crippen LogP) is 2.23. The molecule has 0 aromatic heterocycles. The maximum Gasteiger partial charge on any atom is 0.276 e. The second-order valence-electron chi connectivity index (χ2n) is 5.55. The van der Waals surface area contributed by atoms with E-state index in [1.54, 1.807) is 30.0 Å². The van der Waals surface area contributed by atoms with Crippen molar-refractivity contribution < 1.29 is 14.8 Å². The highest BCUT2D eigenvalue weighted by atomic mass is 16.6. The highest BCUT2D eigenvalue weighted by Gasteiger charge is 2.24. The Kier molecular flexibility index (Phi) is 5.27. The Morgan fingerprint density at radius 2 is 2.05 bits per heavy atom. The van der Waals surface area contributed by atoms with Crippen molar-refractivity contribution in [2.24, 2.45) is 5.92 Å². The number of carbonyl (C=O) groups is 1. The largest absolute Gasteiger partial charge is 0.393 e. The summed E-state index contributed by atoms with van der Waals surface area (Å²) in [5, 5.41) is 20.5. The average molecular weight is 304 g/mol. The van der Waals surface area contributed by atoms with Gasteiger partial charge in [-0.25, -0.2) is 0 Å². The molecule has 1 aromatic carbocycles. The fourth-order valence-electron chi connectivity index (χ4n) is 2.66. The van der Waals surface area contributed by atoms with Gasteiger partial charge in [-0.05, 0) is 37.8 Å². The zero-order chi connectivity index (χ0) is 16.1. The molecule has 1 atom stereocenters. The standard InChI is InChI=1S/C16H20N2O4/c1-12(19)13-8-10-17(11-9-13)16(20)7-6-14-4-2-3-5-15(14)18(21)22/h2-7,12-13,19H,8-11H2,1H3. The van der Waals surface area contributed by atoms with E-state index in [-0.39, 0.29) is 23.6 Å². The van der Waals surface area contributed by atoms with E-state index >= 15 is 0 Å². The molecule has 6 heteroatoms. The van der Waals surface area contributed by atoms with Gasteiger partial charge < -0.3 is 10.0 Å². The molecule has 1 aliphatic heterocycles. The molecule has 1 aliphatic rings. The van der Waals surface area contributed by atoms with Crippen LogP contribution in [0.15, 0.2) is 30.3 Å². The van der Waals surface area contributed by atoms with Gasteiger partial charge in [-0.15, -0.1) is 0 Å². The van der Waals surface area contributed by atoms with E-state index in [0.717, 1.165) is 12.8 Å². The van der Waals surface area contributed by atoms with E-state index in [1.807, 2.05) is 0 Å². The second-order valence-corrected chi connectivity index (χ2v) is 5.55. The van der Waals surface area contributed by atoms with Gasteiger partial charge in [0, 0.05) is 25.2 Å². The summed E-state index contributed by atoms with van der Waals surface area (Å²) in [5.74, 6) is 0.0884. The van der Waals surface area contributed by atoms with Crippen LogP contribution in [0.4, 0.5) is 5.69 Å². The maximum absolute atomic E-state index is 12.1. The van der Waals surface area contributed by atoms with Crippen LogP contribution in [-0.2, 0) is 4.79 Å². The van der Waals surface area contributed by atoms with Crippen LogP contribution in [-0.4, -0.2) is 40.0 Å². The number of aliphatic hydroxyl groups is 1. The number of aliphatic hydroxyl groups excluding tert-OH is 1. The first-order valence-electron chi connectivity index (χ1n) is 7.37. The van der Waals surface area contributed by atoms with E-state index in [2.05, 4.69) is 0 Å². The van der Waals surface area contributed by atoms with Crippen molar-refractivity contribution in [3.63, 3.8) is 0 Å². The molecule has 1 aromatic rings. The quantitative estimate of drug-likeness (QED) is 0.525. The normalized spacial score (nSPS) is 17.6. The fourth-order valence-corrected chi connectivity index (χ4v) is 2.66. The van der Waals surface area contributed by atoms with Crippen LogP contribution in [0.2, 0.25) is 0 Å². The molecule has 6 nitrogen and oxygen atoms in total. The topological polar surface area (TPSA) is 83.7 Å². The molecule has 0 bridgehead atoms. The SMILES string of the molecule is CC(O)C1CCN(C(=O)C=Cc2ccccc2[N+](=O)[O-])CC1. The summed E-state index contributed by atoms with van der Waals surface area (Å²) in [6, 6.07) is 6.32. The van der Waals surface area contributed by atoms with Crippen molar-refractivity contribution in [1.29, 1.82) is 0 Å². The van der Waals surface area contributed by atoms with Crippen LogP contribution in [0.3, 0.4) is 0 Å². The van der Waals surface area contributed by atoms with Gasteiger partial charge in [0.25, 0.3) is 5.69 Å². The molecule has 0 aliphatic carbocycles. The first kappa shape index (κ1) is 16.2. The lowest BCUT2D eigenvalue weighted by Gasteiger charge is -2.32. The van der Waals surface area contributed by atoms with Crippen molar-refractivity contribution in [3.8, 4) is 0 Å². The Balaban J connectivity index is 2.00. The Bertz CT molecular complexity index is 575. The van der Waals surface area contributed by atoms with Crippen molar-refractivity contribution in [2.45, 2.75) is 25.9 Å². The van der Waals surface area contributed by atoms with Gasteiger partial charge in [-0.2, -0.15) is 0 Å². The lowest BCUT2D eigenvalue weighted by molar-refractivity contribution is -0.385. The number of amides is 1. The zero-order valence-electron chi connectivity index (χ0n) is 12.5. The Morgan fingerprint density at radius 3 is 2.64 bits per heavy atom. The zero-order valence-corrected chi connectivity index (χ0v) is 12.5. The molecule has 1 saturated heterocycles. The summed E-state index contributed by atoms with van der Waals surface area (Å²) >= 11 is 0. The molecular formula is C16H20N2O4. The molecule has 0 saturated carbocycles. The molecule has 1 N–H and O–H groups in total. The number of nitro groups is 1. The lowest BCUT2D eigenvalue weighted by atomic mass is 9.92. The summed E-state index contributed by atoms with van der Waals surface area (Å²) in [4.78, 5) is 24.3. The molecule has 22 heavy (non-hydrogen) atoms. The van der Waals surface area contributed by atoms with E-state index in [9.17, 15) is 20.0 Å². The molecule has 0 radical (unpaired) electrons. The minimum Gasteiger partial charge on any atom is -0.393 e. The Morgan fingerprint density at radius 1 is 1.41 bits per heavy atom. The van der Waals surface area contributed by atoms with Crippen LogP contribution in [0.25, 0.3) is 6.08 Å². The Hall–Kier alpha value is -2.21. The number of nitrogens with zero attached hydrogens (tertiary/aromatic N) is 2. The number of benzene rings is 1. The number of rotatable bonds is 4. The molecule has 2 rings (SSSR count). The third-order valence-corrected chi connectivity index (χ3v) is 4.07. The number of nitro benzene ring substituents is 1. The fraction of sp³-hybridized carbons (Fsp3) is 0.438. The highest BCUT2D eigenvalue weighted by molar-refractivity contribution is 5.92. The average Bonchev–Trinajstić information content (AvgIpc) is 2.52. The van der Waals surface area contributed by atoms with Gasteiger partial charge in [0.05, 0.1) is 16.6 Å². The van der Waals surface area contributed by atoms with E-state index < -0.39 is 4.92 Å². The van der Waals surface area contributed by atoms with E-state index in [1.165, 1.54) is 18.2 Å². The first-order valence-corrected chi connectivity index (χ1v) is 7.37. The summed E-state index contributed by atoms with van der Waals surface area (Å²) < 4.78 is 0. The first-order chi connectivity index (χ1) is 10.5. The van der Waals surface area contributed by atoms with Gasteiger partial charge in [0.1, 0.15) is 0 Å². The van der Waals surface area contributed by atoms with Crippen molar-refractivity contribution in [2.75, 3.05) is 13.1 Å². The molecule has 118 valence electrons. The van der Waals surface area contributed by atoms with Crippen LogP contribution < -0.4 is 0 Å². The number of hydrogen-bond donors (Lipinski definition) is 1. The third kappa shape index (κ3) is 3.92. The minimum atomic E-state index is -0.460. The molecule has 1 heterocycles. The van der Waals surface area contributed by atoms with Gasteiger partial charge in [0.15, 0.2) is 0 Å². The van der Waals surface area contributed by atoms with Gasteiger partial charge in [0.2, 0.25) is 5.91 Å². The summed E-state index contributed by atoms with van der Waals surface area (Å²) in [7, 11) is 0. The van der Waals surface area contributed by atoms with E-state index in [0.29, 0.717) is 18.7 Å². The van der Waals surface area contributed by atoms with Gasteiger partial charge in [-0.1, -0.05) is 12.1 Å². The summed E-state index contributed by atoms with van der Waals surface area (Å²) in [6.45, 7) is 2.99. The van der Waals surface area contributed by atoms with Crippen LogP contribution >= 0.6 is 0 Å². The number of para-hydroxylation sites is 1. The molecule has 1 unspecified atom stereocenters. The summed E-state index contributed by atoms with van der Waals surface area (Å²) in [5.41, 5.74) is 0.402. The highest BCUT2D eigenvalue weighted by Crippen LogP contribution is 2.22. The number of hydrogen-bond acceptors (Lipinski definition) is 4. The smallest absolute Gasteiger partial charge is 0.276 e. The van der Waals surface area contributed by atoms with E-state index in [4.69, 9.17) is 0 Å². The molecular weight excluding hydrogens is 284 g/mol. The predicted molar refractivity (Wildman–Crippen MR) is 83.1 cm³/mol. The maximum atomic E-state index is 12.1. The van der Waals surface area contributed by atoms with Crippen LogP contribution in [0, 0.1) is 16.0 Å². The van der Waals surface area contributed by atoms with Crippen LogP contribution in [0.1, 0.15) is 25.3 Å². The Labute approximate surface area is 129 Å². The van der Waals surface area contributed by atoms with Crippen molar-refractivity contribution >= 4 is 17.7 Å². The van der Waals surface area contributed by atoms with Gasteiger partial charge >= 0.3 is 0 Å². The summed E-state index contributed by atoms with van der Waals surface area (Å²) in [6.07, 6.45) is 4.08. The van der Waals surface area contributed by atoms with Crippen molar-refractivity contribution in [1.82, 2.24) is 4.90 Å². The monoisotopic (exact) mass is 304 g/mol. The number of carbonyl (C=O) groups excluding carboxylic acids is 1. The molecule has 1 amide bonds. The minimum absolute atomic E-state index is 0.0145. The number of piperidine rings is 1. The second kappa shape index (κ2) is 7.17. The van der Waals surface area contributed by atoms with Gasteiger partial charge in [-0.3, -0.25) is 14.9 Å².